The van der Waals surface area contributed by atoms with E-state index in [1.165, 1.54) is 21.8 Å². The number of nitrogens with two attached hydrogens (primary N) is 1. The van der Waals surface area contributed by atoms with Crippen molar-refractivity contribution >= 4 is 33.8 Å². The van der Waals surface area contributed by atoms with Gasteiger partial charge in [-0.1, -0.05) is 17.4 Å². The first-order chi connectivity index (χ1) is 15.6. The number of carbonyl (C=O) groups excluding carboxylic acids is 1. The van der Waals surface area contributed by atoms with Gasteiger partial charge in [-0.2, -0.15) is 18.3 Å². The molecule has 176 valence electrons. The fraction of sp³-hybridized carbons (Fsp3) is 0.350. The third kappa shape index (κ3) is 4.49. The highest BCUT2D eigenvalue weighted by atomic mass is 32.1. The van der Waals surface area contributed by atoms with Crippen LogP contribution in [0.1, 0.15) is 23.3 Å². The number of nitrogen functional groups attached to an aromatic ring is 1. The number of amides is 1. The molecule has 1 aliphatic rings. The predicted molar refractivity (Wildman–Crippen MR) is 114 cm³/mol. The maximum atomic E-state index is 14.1. The van der Waals surface area contributed by atoms with E-state index in [4.69, 9.17) is 5.73 Å². The summed E-state index contributed by atoms with van der Waals surface area (Å²) in [6.07, 6.45) is -2.65. The minimum absolute atomic E-state index is 0.0320. The quantitative estimate of drug-likeness (QED) is 0.533. The lowest BCUT2D eigenvalue weighted by atomic mass is 9.97. The molecule has 1 aromatic carbocycles. The summed E-state index contributed by atoms with van der Waals surface area (Å²) >= 11 is 0.745. The molecule has 0 saturated carbocycles. The van der Waals surface area contributed by atoms with E-state index in [1.54, 1.807) is 7.05 Å². The van der Waals surface area contributed by atoms with Crippen molar-refractivity contribution in [2.75, 3.05) is 29.0 Å². The summed E-state index contributed by atoms with van der Waals surface area (Å²) in [5, 5.41) is 6.45. The Kier molecular flexibility index (Phi) is 5.99. The average Bonchev–Trinajstić information content (AvgIpc) is 3.30. The van der Waals surface area contributed by atoms with E-state index in [0.717, 1.165) is 23.5 Å². The van der Waals surface area contributed by atoms with Gasteiger partial charge in [-0.3, -0.25) is 9.48 Å². The zero-order valence-corrected chi connectivity index (χ0v) is 18.1. The Morgan fingerprint density at radius 1 is 1.27 bits per heavy atom. The van der Waals surface area contributed by atoms with Crippen molar-refractivity contribution in [1.82, 2.24) is 14.8 Å². The highest BCUT2D eigenvalue weighted by Gasteiger charge is 2.42. The summed E-state index contributed by atoms with van der Waals surface area (Å²) in [4.78, 5) is 18.4. The van der Waals surface area contributed by atoms with Gasteiger partial charge in [-0.05, 0) is 25.0 Å². The van der Waals surface area contributed by atoms with E-state index in [2.05, 4.69) is 15.4 Å². The number of hydrogen-bond acceptors (Lipinski definition) is 6. The van der Waals surface area contributed by atoms with Gasteiger partial charge in [0.1, 0.15) is 27.3 Å². The van der Waals surface area contributed by atoms with Gasteiger partial charge < -0.3 is 16.0 Å². The summed E-state index contributed by atoms with van der Waals surface area (Å²) in [5.41, 5.74) is 5.41. The lowest BCUT2D eigenvalue weighted by Gasteiger charge is -2.35. The van der Waals surface area contributed by atoms with Crippen molar-refractivity contribution in [2.24, 2.45) is 13.0 Å². The largest absolute Gasteiger partial charge is 0.393 e. The Bertz CT molecular complexity index is 1170. The smallest absolute Gasteiger partial charge is 0.389 e. The van der Waals surface area contributed by atoms with Crippen LogP contribution in [0.15, 0.2) is 24.4 Å². The number of alkyl halides is 3. The standard InChI is InChI=1S/C20H19F5N6OS/c1-30-19(31-7-3-4-10(9-31)20(23,24)25)13(8-27-30)28-17(32)15-16(26)33-18(29-15)14-11(21)5-2-6-12(14)22/h2,5-6,8,10H,3-4,7,9,26H2,1H3,(H,28,32)/t10-/m1/s1. The molecule has 0 unspecified atom stereocenters. The monoisotopic (exact) mass is 486 g/mol. The maximum absolute atomic E-state index is 14.1. The van der Waals surface area contributed by atoms with Gasteiger partial charge >= 0.3 is 6.18 Å². The first-order valence-corrected chi connectivity index (χ1v) is 10.7. The van der Waals surface area contributed by atoms with Crippen LogP contribution in [0.4, 0.5) is 38.5 Å². The number of rotatable bonds is 4. The van der Waals surface area contributed by atoms with Crippen molar-refractivity contribution in [3.8, 4) is 10.6 Å². The number of thiazole rings is 1. The van der Waals surface area contributed by atoms with E-state index in [-0.39, 0.29) is 34.4 Å². The van der Waals surface area contributed by atoms with Gasteiger partial charge in [0.25, 0.3) is 5.91 Å². The van der Waals surface area contributed by atoms with Crippen molar-refractivity contribution in [2.45, 2.75) is 19.0 Å². The van der Waals surface area contributed by atoms with Gasteiger partial charge in [0.15, 0.2) is 11.5 Å². The summed E-state index contributed by atoms with van der Waals surface area (Å²) < 4.78 is 69.3. The SMILES string of the molecule is Cn1ncc(NC(=O)c2nc(-c3c(F)cccc3F)sc2N)c1N1CCC[C@@H](C(F)(F)F)C1. The zero-order valence-electron chi connectivity index (χ0n) is 17.3. The van der Waals surface area contributed by atoms with Crippen LogP contribution in [0.5, 0.6) is 0 Å². The molecule has 33 heavy (non-hydrogen) atoms. The molecule has 7 nitrogen and oxygen atoms in total. The van der Waals surface area contributed by atoms with E-state index >= 15 is 0 Å². The number of nitrogens with zero attached hydrogens (tertiary/aromatic N) is 4. The molecule has 1 aliphatic heterocycles. The normalized spacial score (nSPS) is 16.8. The van der Waals surface area contributed by atoms with Crippen molar-refractivity contribution in [1.29, 1.82) is 0 Å². The van der Waals surface area contributed by atoms with Crippen molar-refractivity contribution < 1.29 is 26.7 Å². The maximum Gasteiger partial charge on any atom is 0.393 e. The highest BCUT2D eigenvalue weighted by molar-refractivity contribution is 7.19. The number of anilines is 3. The van der Waals surface area contributed by atoms with E-state index in [0.29, 0.717) is 18.8 Å². The van der Waals surface area contributed by atoms with Gasteiger partial charge in [-0.15, -0.1) is 0 Å². The number of aromatic nitrogens is 3. The van der Waals surface area contributed by atoms with E-state index in [1.807, 2.05) is 0 Å². The molecule has 1 amide bonds. The van der Waals surface area contributed by atoms with Crippen LogP contribution in [0.3, 0.4) is 0 Å². The molecule has 0 aliphatic carbocycles. The van der Waals surface area contributed by atoms with E-state index < -0.39 is 35.2 Å². The van der Waals surface area contributed by atoms with Crippen LogP contribution in [-0.4, -0.2) is 39.9 Å². The molecule has 2 aromatic heterocycles. The number of nitrogens with one attached hydrogen (secondary N) is 1. The highest BCUT2D eigenvalue weighted by Crippen LogP contribution is 2.37. The lowest BCUT2D eigenvalue weighted by molar-refractivity contribution is -0.176. The molecule has 3 N–H and O–H groups in total. The van der Waals surface area contributed by atoms with Crippen LogP contribution in [0, 0.1) is 17.6 Å². The molecule has 3 heterocycles. The van der Waals surface area contributed by atoms with Crippen LogP contribution in [-0.2, 0) is 7.05 Å². The number of halogens is 5. The van der Waals surface area contributed by atoms with Crippen LogP contribution in [0.25, 0.3) is 10.6 Å². The third-order valence-corrected chi connectivity index (χ3v) is 6.29. The van der Waals surface area contributed by atoms with Gasteiger partial charge in [0.2, 0.25) is 0 Å². The summed E-state index contributed by atoms with van der Waals surface area (Å²) in [6, 6.07) is 3.32. The fourth-order valence-electron chi connectivity index (χ4n) is 3.82. The lowest BCUT2D eigenvalue weighted by Crippen LogP contribution is -2.42. The predicted octanol–water partition coefficient (Wildman–Crippen LogP) is 4.44. The first-order valence-electron chi connectivity index (χ1n) is 9.92. The van der Waals surface area contributed by atoms with Crippen LogP contribution in [0.2, 0.25) is 0 Å². The summed E-state index contributed by atoms with van der Waals surface area (Å²) in [5.74, 6) is -3.65. The molecule has 13 heteroatoms. The molecule has 1 saturated heterocycles. The number of carbonyl (C=O) groups is 1. The van der Waals surface area contributed by atoms with Crippen molar-refractivity contribution in [3.63, 3.8) is 0 Å². The number of aryl methyl sites for hydroxylation is 1. The third-order valence-electron chi connectivity index (χ3n) is 5.38. The number of benzene rings is 1. The zero-order chi connectivity index (χ0) is 23.9. The van der Waals surface area contributed by atoms with Gasteiger partial charge in [0, 0.05) is 20.1 Å². The Morgan fingerprint density at radius 2 is 1.97 bits per heavy atom. The van der Waals surface area contributed by atoms with Gasteiger partial charge in [-0.25, -0.2) is 13.8 Å². The molecule has 3 aromatic rings. The first kappa shape index (κ1) is 23.0. The molecule has 0 radical (unpaired) electrons. The minimum atomic E-state index is -4.33. The fourth-order valence-corrected chi connectivity index (χ4v) is 4.69. The molecule has 0 spiro atoms. The molecular formula is C20H19F5N6OS. The second kappa shape index (κ2) is 8.61. The Hall–Kier alpha value is -3.22. The van der Waals surface area contributed by atoms with E-state index in [9.17, 15) is 26.7 Å². The Labute approximate surface area is 189 Å². The Morgan fingerprint density at radius 3 is 2.64 bits per heavy atom. The van der Waals surface area contributed by atoms with Crippen LogP contribution >= 0.6 is 11.3 Å². The second-order valence-electron chi connectivity index (χ2n) is 7.61. The average molecular weight is 486 g/mol. The Balaban J connectivity index is 1.59. The van der Waals surface area contributed by atoms with Crippen LogP contribution < -0.4 is 16.0 Å². The van der Waals surface area contributed by atoms with Gasteiger partial charge in [0.05, 0.1) is 17.7 Å². The molecule has 1 fully saturated rings. The second-order valence-corrected chi connectivity index (χ2v) is 8.65. The number of hydrogen-bond donors (Lipinski definition) is 2. The molecule has 0 bridgehead atoms. The topological polar surface area (TPSA) is 89.1 Å². The van der Waals surface area contributed by atoms with Crippen molar-refractivity contribution in [3.05, 3.63) is 41.7 Å². The molecule has 4 rings (SSSR count). The molecule has 1 atom stereocenters. The minimum Gasteiger partial charge on any atom is -0.389 e. The number of piperidine rings is 1. The molecular weight excluding hydrogens is 467 g/mol. The summed E-state index contributed by atoms with van der Waals surface area (Å²) in [6.45, 7) is 0.103. The summed E-state index contributed by atoms with van der Waals surface area (Å²) in [7, 11) is 1.55.